The summed E-state index contributed by atoms with van der Waals surface area (Å²) in [6.45, 7) is 9.96. The van der Waals surface area contributed by atoms with E-state index in [2.05, 4.69) is 10.1 Å². The Labute approximate surface area is 136 Å². The highest BCUT2D eigenvalue weighted by Gasteiger charge is 2.22. The predicted octanol–water partition coefficient (Wildman–Crippen LogP) is 2.12. The van der Waals surface area contributed by atoms with Gasteiger partial charge in [-0.3, -0.25) is 4.79 Å². The van der Waals surface area contributed by atoms with Crippen molar-refractivity contribution in [3.05, 3.63) is 41.3 Å². The molecule has 1 amide bonds. The molecular weight excluding hydrogens is 292 g/mol. The lowest BCUT2D eigenvalue weighted by Gasteiger charge is -2.28. The van der Waals surface area contributed by atoms with E-state index in [-0.39, 0.29) is 12.5 Å². The number of aryl methyl sites for hydroxylation is 2. The van der Waals surface area contributed by atoms with Crippen LogP contribution in [0.4, 0.5) is 0 Å². The molecule has 0 saturated heterocycles. The molecule has 2 aromatic rings. The van der Waals surface area contributed by atoms with Crippen LogP contribution in [0.5, 0.6) is 0 Å². The fourth-order valence-electron chi connectivity index (χ4n) is 2.48. The zero-order chi connectivity index (χ0) is 17.2. The van der Waals surface area contributed by atoms with Gasteiger partial charge in [0.15, 0.2) is 5.82 Å². The van der Waals surface area contributed by atoms with Gasteiger partial charge in [0.1, 0.15) is 0 Å². The second kappa shape index (κ2) is 6.50. The van der Waals surface area contributed by atoms with Gasteiger partial charge in [-0.2, -0.15) is 5.10 Å². The summed E-state index contributed by atoms with van der Waals surface area (Å²) < 4.78 is 1.75. The van der Waals surface area contributed by atoms with E-state index in [1.165, 1.54) is 0 Å². The number of carbonyl (C=O) groups is 1. The number of hydrogen-bond acceptors (Lipinski definition) is 4. The first-order valence-electron chi connectivity index (χ1n) is 7.72. The van der Waals surface area contributed by atoms with E-state index in [0.29, 0.717) is 17.9 Å². The molecule has 0 fully saturated rings. The van der Waals surface area contributed by atoms with Crippen molar-refractivity contribution in [2.75, 3.05) is 13.1 Å². The lowest BCUT2D eigenvalue weighted by molar-refractivity contribution is 0.0314. The fourth-order valence-corrected chi connectivity index (χ4v) is 2.48. The molecular formula is C17H24N4O2. The SMILES string of the molecule is CCN(CC(C)(C)O)C(=O)c1ccc(-n2nc(C)cc2C)nc1. The molecule has 0 spiro atoms. The van der Waals surface area contributed by atoms with Gasteiger partial charge in [0.25, 0.3) is 5.91 Å². The smallest absolute Gasteiger partial charge is 0.255 e. The second-order valence-corrected chi connectivity index (χ2v) is 6.38. The number of nitrogens with zero attached hydrogens (tertiary/aromatic N) is 4. The Morgan fingerprint density at radius 2 is 2.04 bits per heavy atom. The third-order valence-corrected chi connectivity index (χ3v) is 3.47. The summed E-state index contributed by atoms with van der Waals surface area (Å²) in [6.07, 6.45) is 1.56. The third-order valence-electron chi connectivity index (χ3n) is 3.47. The number of rotatable bonds is 5. The van der Waals surface area contributed by atoms with Crippen LogP contribution in [0, 0.1) is 13.8 Å². The predicted molar refractivity (Wildman–Crippen MR) is 88.7 cm³/mol. The molecule has 0 aliphatic carbocycles. The Morgan fingerprint density at radius 3 is 2.48 bits per heavy atom. The standard InChI is InChI=1S/C17H24N4O2/c1-6-20(11-17(4,5)23)16(22)14-7-8-15(18-10-14)21-13(3)9-12(2)19-21/h7-10,23H,6,11H2,1-5H3. The lowest BCUT2D eigenvalue weighted by atomic mass is 10.1. The van der Waals surface area contributed by atoms with Crippen LogP contribution >= 0.6 is 0 Å². The minimum absolute atomic E-state index is 0.137. The maximum atomic E-state index is 12.5. The molecule has 0 aliphatic heterocycles. The van der Waals surface area contributed by atoms with E-state index < -0.39 is 5.60 Å². The zero-order valence-corrected chi connectivity index (χ0v) is 14.4. The molecule has 2 rings (SSSR count). The average Bonchev–Trinajstić information content (AvgIpc) is 2.82. The van der Waals surface area contributed by atoms with Crippen molar-refractivity contribution in [1.82, 2.24) is 19.7 Å². The van der Waals surface area contributed by atoms with Crippen molar-refractivity contribution in [2.45, 2.75) is 40.2 Å². The highest BCUT2D eigenvalue weighted by atomic mass is 16.3. The van der Waals surface area contributed by atoms with Crippen molar-refractivity contribution < 1.29 is 9.90 Å². The summed E-state index contributed by atoms with van der Waals surface area (Å²) in [5, 5.41) is 14.3. The van der Waals surface area contributed by atoms with Crippen LogP contribution in [0.15, 0.2) is 24.4 Å². The molecule has 6 nitrogen and oxygen atoms in total. The Balaban J connectivity index is 2.21. The molecule has 0 saturated carbocycles. The largest absolute Gasteiger partial charge is 0.389 e. The number of aliphatic hydroxyl groups is 1. The monoisotopic (exact) mass is 316 g/mol. The molecule has 0 atom stereocenters. The number of hydrogen-bond donors (Lipinski definition) is 1. The first-order valence-corrected chi connectivity index (χ1v) is 7.72. The number of likely N-dealkylation sites (N-methyl/N-ethyl adjacent to an activating group) is 1. The Hall–Kier alpha value is -2.21. The fraction of sp³-hybridized carbons (Fsp3) is 0.471. The summed E-state index contributed by atoms with van der Waals surface area (Å²) in [6, 6.07) is 5.50. The number of carbonyl (C=O) groups excluding carboxylic acids is 1. The number of aromatic nitrogens is 3. The molecule has 0 bridgehead atoms. The molecule has 0 unspecified atom stereocenters. The third kappa shape index (κ3) is 4.16. The van der Waals surface area contributed by atoms with Gasteiger partial charge in [-0.15, -0.1) is 0 Å². The molecule has 0 aromatic carbocycles. The average molecular weight is 316 g/mol. The van der Waals surface area contributed by atoms with Crippen LogP contribution in [-0.2, 0) is 0 Å². The molecule has 0 radical (unpaired) electrons. The van der Waals surface area contributed by atoms with Gasteiger partial charge in [-0.25, -0.2) is 9.67 Å². The van der Waals surface area contributed by atoms with Crippen molar-refractivity contribution in [2.24, 2.45) is 0 Å². The first-order chi connectivity index (χ1) is 10.7. The van der Waals surface area contributed by atoms with Crippen LogP contribution in [0.3, 0.4) is 0 Å². The van der Waals surface area contributed by atoms with Gasteiger partial charge in [-0.05, 0) is 52.8 Å². The maximum Gasteiger partial charge on any atom is 0.255 e. The summed E-state index contributed by atoms with van der Waals surface area (Å²) >= 11 is 0. The minimum atomic E-state index is -0.928. The highest BCUT2D eigenvalue weighted by molar-refractivity contribution is 5.94. The highest BCUT2D eigenvalue weighted by Crippen LogP contribution is 2.13. The van der Waals surface area contributed by atoms with Crippen molar-refractivity contribution in [3.8, 4) is 5.82 Å². The van der Waals surface area contributed by atoms with E-state index in [4.69, 9.17) is 0 Å². The van der Waals surface area contributed by atoms with Crippen LogP contribution in [0.25, 0.3) is 5.82 Å². The van der Waals surface area contributed by atoms with Gasteiger partial charge in [0, 0.05) is 25.0 Å². The van der Waals surface area contributed by atoms with E-state index in [0.717, 1.165) is 11.4 Å². The Morgan fingerprint density at radius 1 is 1.35 bits per heavy atom. The van der Waals surface area contributed by atoms with E-state index >= 15 is 0 Å². The van der Waals surface area contributed by atoms with Gasteiger partial charge < -0.3 is 10.0 Å². The van der Waals surface area contributed by atoms with Crippen LogP contribution in [0.2, 0.25) is 0 Å². The molecule has 2 heterocycles. The second-order valence-electron chi connectivity index (χ2n) is 6.38. The van der Waals surface area contributed by atoms with Gasteiger partial charge in [0.05, 0.1) is 16.9 Å². The number of amides is 1. The molecule has 6 heteroatoms. The zero-order valence-electron chi connectivity index (χ0n) is 14.4. The Kier molecular flexibility index (Phi) is 4.85. The van der Waals surface area contributed by atoms with E-state index in [1.54, 1.807) is 41.8 Å². The quantitative estimate of drug-likeness (QED) is 0.917. The number of pyridine rings is 1. The van der Waals surface area contributed by atoms with Gasteiger partial charge in [-0.1, -0.05) is 0 Å². The molecule has 2 aromatic heterocycles. The van der Waals surface area contributed by atoms with Crippen molar-refractivity contribution in [1.29, 1.82) is 0 Å². The van der Waals surface area contributed by atoms with Crippen LogP contribution in [-0.4, -0.2) is 49.4 Å². The lowest BCUT2D eigenvalue weighted by Crippen LogP contribution is -2.42. The molecule has 0 aliphatic rings. The van der Waals surface area contributed by atoms with E-state index in [9.17, 15) is 9.90 Å². The summed E-state index contributed by atoms with van der Waals surface area (Å²) in [5.41, 5.74) is 1.49. The van der Waals surface area contributed by atoms with Crippen molar-refractivity contribution >= 4 is 5.91 Å². The van der Waals surface area contributed by atoms with E-state index in [1.807, 2.05) is 26.8 Å². The molecule has 124 valence electrons. The summed E-state index contributed by atoms with van der Waals surface area (Å²) in [7, 11) is 0. The molecule has 23 heavy (non-hydrogen) atoms. The Bertz CT molecular complexity index is 684. The van der Waals surface area contributed by atoms with Gasteiger partial charge in [0.2, 0.25) is 0 Å². The summed E-state index contributed by atoms with van der Waals surface area (Å²) in [4.78, 5) is 18.5. The topological polar surface area (TPSA) is 71.2 Å². The minimum Gasteiger partial charge on any atom is -0.389 e. The first kappa shape index (κ1) is 17.1. The van der Waals surface area contributed by atoms with Crippen LogP contribution in [0.1, 0.15) is 42.5 Å². The maximum absolute atomic E-state index is 12.5. The molecule has 1 N–H and O–H groups in total. The summed E-state index contributed by atoms with van der Waals surface area (Å²) in [5.74, 6) is 0.541. The van der Waals surface area contributed by atoms with Crippen molar-refractivity contribution in [3.63, 3.8) is 0 Å². The normalized spacial score (nSPS) is 11.6. The van der Waals surface area contributed by atoms with Crippen LogP contribution < -0.4 is 0 Å². The van der Waals surface area contributed by atoms with Gasteiger partial charge >= 0.3 is 0 Å².